The number of benzene rings is 2. The van der Waals surface area contributed by atoms with Crippen LogP contribution in [0.1, 0.15) is 28.5 Å². The van der Waals surface area contributed by atoms with E-state index in [1.54, 1.807) is 18.7 Å². The number of esters is 1. The van der Waals surface area contributed by atoms with Crippen LogP contribution in [0.4, 0.5) is 11.6 Å². The predicted octanol–water partition coefficient (Wildman–Crippen LogP) is 5.42. The molecule has 0 saturated carbocycles. The SMILES string of the molecule is CCOC(=O)c1cnc(-c2ccccc2)nc1Nc1cc(C)nn1-c1cc(C)c2cccc(OC)c2n1. The number of carbonyl (C=O) groups is 1. The lowest BCUT2D eigenvalue weighted by molar-refractivity contribution is 0.0526. The summed E-state index contributed by atoms with van der Waals surface area (Å²) >= 11 is 0. The molecule has 5 rings (SSSR count). The molecule has 0 saturated heterocycles. The first-order valence-electron chi connectivity index (χ1n) is 11.9. The molecule has 0 atom stereocenters. The van der Waals surface area contributed by atoms with Crippen LogP contribution in [-0.2, 0) is 4.74 Å². The number of aryl methyl sites for hydroxylation is 2. The molecule has 0 amide bonds. The Labute approximate surface area is 214 Å². The Morgan fingerprint density at radius 3 is 2.59 bits per heavy atom. The highest BCUT2D eigenvalue weighted by molar-refractivity contribution is 5.95. The topological polar surface area (TPSA) is 104 Å². The van der Waals surface area contributed by atoms with Crippen molar-refractivity contribution in [2.75, 3.05) is 19.0 Å². The van der Waals surface area contributed by atoms with E-state index in [2.05, 4.69) is 20.4 Å². The van der Waals surface area contributed by atoms with Crippen molar-refractivity contribution < 1.29 is 14.3 Å². The number of ether oxygens (including phenoxy) is 2. The quantitative estimate of drug-likeness (QED) is 0.299. The number of carbonyl (C=O) groups excluding carboxylic acids is 1. The number of para-hydroxylation sites is 1. The Kier molecular flexibility index (Phi) is 6.51. The van der Waals surface area contributed by atoms with Crippen LogP contribution in [0.3, 0.4) is 0 Å². The van der Waals surface area contributed by atoms with Gasteiger partial charge in [-0.1, -0.05) is 42.5 Å². The third-order valence-electron chi connectivity index (χ3n) is 5.83. The van der Waals surface area contributed by atoms with Gasteiger partial charge >= 0.3 is 5.97 Å². The van der Waals surface area contributed by atoms with E-state index in [1.807, 2.05) is 74.5 Å². The lowest BCUT2D eigenvalue weighted by Crippen LogP contribution is -2.13. The van der Waals surface area contributed by atoms with Gasteiger partial charge in [0.25, 0.3) is 0 Å². The molecule has 0 spiro atoms. The van der Waals surface area contributed by atoms with Crippen LogP contribution in [0, 0.1) is 13.8 Å². The summed E-state index contributed by atoms with van der Waals surface area (Å²) in [5, 5.41) is 8.94. The second-order valence-corrected chi connectivity index (χ2v) is 8.40. The summed E-state index contributed by atoms with van der Waals surface area (Å²) in [6.45, 7) is 5.89. The van der Waals surface area contributed by atoms with Gasteiger partial charge in [0.2, 0.25) is 0 Å². The highest BCUT2D eigenvalue weighted by Crippen LogP contribution is 2.30. The van der Waals surface area contributed by atoms with Crippen LogP contribution in [-0.4, -0.2) is 44.4 Å². The first-order chi connectivity index (χ1) is 18.0. The van der Waals surface area contributed by atoms with Crippen LogP contribution in [0.2, 0.25) is 0 Å². The summed E-state index contributed by atoms with van der Waals surface area (Å²) in [5.74, 6) is 2.12. The molecule has 3 heterocycles. The molecule has 9 heteroatoms. The lowest BCUT2D eigenvalue weighted by Gasteiger charge is -2.14. The molecule has 1 N–H and O–H groups in total. The summed E-state index contributed by atoms with van der Waals surface area (Å²) < 4.78 is 12.5. The predicted molar refractivity (Wildman–Crippen MR) is 142 cm³/mol. The van der Waals surface area contributed by atoms with Gasteiger partial charge in [-0.05, 0) is 38.5 Å². The van der Waals surface area contributed by atoms with Crippen LogP contribution >= 0.6 is 0 Å². The molecule has 0 aliphatic rings. The van der Waals surface area contributed by atoms with Crippen LogP contribution < -0.4 is 10.1 Å². The van der Waals surface area contributed by atoms with Gasteiger partial charge in [0.1, 0.15) is 28.5 Å². The minimum atomic E-state index is -0.517. The molecule has 9 nitrogen and oxygen atoms in total. The Morgan fingerprint density at radius 1 is 1.03 bits per heavy atom. The summed E-state index contributed by atoms with van der Waals surface area (Å²) in [7, 11) is 1.62. The van der Waals surface area contributed by atoms with Crippen molar-refractivity contribution in [2.24, 2.45) is 0 Å². The maximum atomic E-state index is 12.7. The van der Waals surface area contributed by atoms with Crippen molar-refractivity contribution in [1.82, 2.24) is 24.7 Å². The van der Waals surface area contributed by atoms with Gasteiger partial charge in [0.05, 0.1) is 19.4 Å². The van der Waals surface area contributed by atoms with Crippen LogP contribution in [0.15, 0.2) is 66.9 Å². The number of hydrogen-bond donors (Lipinski definition) is 1. The molecule has 37 heavy (non-hydrogen) atoms. The Balaban J connectivity index is 1.62. The minimum absolute atomic E-state index is 0.219. The number of fused-ring (bicyclic) bond motifs is 1. The number of rotatable bonds is 7. The summed E-state index contributed by atoms with van der Waals surface area (Å²) in [4.78, 5) is 26.7. The number of pyridine rings is 1. The number of methoxy groups -OCH3 is 1. The molecule has 0 bridgehead atoms. The van der Waals surface area contributed by atoms with Gasteiger partial charge in [-0.3, -0.25) is 0 Å². The third kappa shape index (κ3) is 4.71. The molecule has 5 aromatic rings. The molecule has 0 aliphatic carbocycles. The number of hydrogen-bond acceptors (Lipinski definition) is 8. The fourth-order valence-electron chi connectivity index (χ4n) is 4.09. The van der Waals surface area contributed by atoms with Crippen molar-refractivity contribution in [1.29, 1.82) is 0 Å². The minimum Gasteiger partial charge on any atom is -0.494 e. The van der Waals surface area contributed by atoms with E-state index in [9.17, 15) is 4.79 Å². The molecule has 2 aromatic carbocycles. The fourth-order valence-corrected chi connectivity index (χ4v) is 4.09. The van der Waals surface area contributed by atoms with Crippen molar-refractivity contribution in [3.8, 4) is 23.0 Å². The van der Waals surface area contributed by atoms with Crippen LogP contribution in [0.25, 0.3) is 28.1 Å². The Morgan fingerprint density at radius 2 is 1.84 bits per heavy atom. The molecule has 186 valence electrons. The average Bonchev–Trinajstić information content (AvgIpc) is 3.28. The smallest absolute Gasteiger partial charge is 0.343 e. The van der Waals surface area contributed by atoms with Gasteiger partial charge in [0, 0.05) is 23.2 Å². The average molecular weight is 495 g/mol. The molecular weight excluding hydrogens is 468 g/mol. The maximum absolute atomic E-state index is 12.7. The van der Waals surface area contributed by atoms with Crippen molar-refractivity contribution in [2.45, 2.75) is 20.8 Å². The second kappa shape index (κ2) is 10.1. The van der Waals surface area contributed by atoms with Crippen LogP contribution in [0.5, 0.6) is 5.75 Å². The lowest BCUT2D eigenvalue weighted by atomic mass is 10.1. The van der Waals surface area contributed by atoms with Gasteiger partial charge in [-0.2, -0.15) is 9.78 Å². The second-order valence-electron chi connectivity index (χ2n) is 8.40. The normalized spacial score (nSPS) is 10.9. The zero-order valence-corrected chi connectivity index (χ0v) is 21.0. The van der Waals surface area contributed by atoms with E-state index < -0.39 is 5.97 Å². The molecule has 0 unspecified atom stereocenters. The number of nitrogens with zero attached hydrogens (tertiary/aromatic N) is 5. The first-order valence-corrected chi connectivity index (χ1v) is 11.9. The van der Waals surface area contributed by atoms with E-state index in [-0.39, 0.29) is 12.2 Å². The fraction of sp³-hybridized carbons (Fsp3) is 0.179. The number of anilines is 2. The largest absolute Gasteiger partial charge is 0.494 e. The monoisotopic (exact) mass is 494 g/mol. The van der Waals surface area contributed by atoms with E-state index >= 15 is 0 Å². The summed E-state index contributed by atoms with van der Waals surface area (Å²) in [5.41, 5.74) is 3.57. The highest BCUT2D eigenvalue weighted by atomic mass is 16.5. The summed E-state index contributed by atoms with van der Waals surface area (Å²) in [6, 6.07) is 19.2. The third-order valence-corrected chi connectivity index (χ3v) is 5.83. The Hall–Kier alpha value is -4.79. The number of nitrogens with one attached hydrogen (secondary N) is 1. The zero-order valence-electron chi connectivity index (χ0n) is 21.0. The van der Waals surface area contributed by atoms with E-state index in [1.165, 1.54) is 6.20 Å². The van der Waals surface area contributed by atoms with Crippen molar-refractivity contribution in [3.05, 3.63) is 83.7 Å². The van der Waals surface area contributed by atoms with Gasteiger partial charge in [-0.25, -0.2) is 19.7 Å². The molecule has 0 fully saturated rings. The first kappa shape index (κ1) is 23.9. The van der Waals surface area contributed by atoms with E-state index in [0.29, 0.717) is 29.0 Å². The highest BCUT2D eigenvalue weighted by Gasteiger charge is 2.20. The molecular formula is C28H26N6O3. The molecule has 0 radical (unpaired) electrons. The summed E-state index contributed by atoms with van der Waals surface area (Å²) in [6.07, 6.45) is 1.48. The van der Waals surface area contributed by atoms with Crippen molar-refractivity contribution >= 4 is 28.5 Å². The van der Waals surface area contributed by atoms with Gasteiger partial charge in [-0.15, -0.1) is 0 Å². The Bertz CT molecular complexity index is 1600. The van der Waals surface area contributed by atoms with Gasteiger partial charge in [0.15, 0.2) is 11.6 Å². The standard InChI is InChI=1S/C28H26N6O3/c1-5-37-28(35)21-16-29-26(19-10-7-6-8-11-19)32-27(21)31-24-15-18(3)33-34(24)23-14-17(2)20-12-9-13-22(36-4)25(20)30-23/h6-16H,5H2,1-4H3,(H,29,31,32). The van der Waals surface area contributed by atoms with Gasteiger partial charge < -0.3 is 14.8 Å². The number of aromatic nitrogens is 5. The zero-order chi connectivity index (χ0) is 25.9. The van der Waals surface area contributed by atoms with E-state index in [0.717, 1.165) is 27.7 Å². The molecule has 3 aromatic heterocycles. The maximum Gasteiger partial charge on any atom is 0.343 e. The van der Waals surface area contributed by atoms with E-state index in [4.69, 9.17) is 14.5 Å². The molecule has 0 aliphatic heterocycles. The van der Waals surface area contributed by atoms with Crippen molar-refractivity contribution in [3.63, 3.8) is 0 Å².